The molecule has 25 heavy (non-hydrogen) atoms. The van der Waals surface area contributed by atoms with E-state index in [1.54, 1.807) is 6.20 Å². The van der Waals surface area contributed by atoms with E-state index in [-0.39, 0.29) is 5.97 Å². The molecule has 0 aliphatic carbocycles. The first-order valence-corrected chi connectivity index (χ1v) is 8.95. The molecular weight excluding hydrogens is 312 g/mol. The summed E-state index contributed by atoms with van der Waals surface area (Å²) in [4.78, 5) is 19.2. The maximum Gasteiger partial charge on any atom is 0.305 e. The van der Waals surface area contributed by atoms with Crippen LogP contribution >= 0.6 is 0 Å². The number of carbonyl (C=O) groups excluding carboxylic acids is 1. The minimum atomic E-state index is -0.0920. The van der Waals surface area contributed by atoms with Crippen LogP contribution in [0.25, 0.3) is 22.2 Å². The van der Waals surface area contributed by atoms with Crippen LogP contribution in [0.3, 0.4) is 0 Å². The lowest BCUT2D eigenvalue weighted by atomic mass is 10.0. The fraction of sp³-hybridized carbons (Fsp3) is 0.333. The maximum absolute atomic E-state index is 11.4. The number of aryl methyl sites for hydroxylation is 1. The lowest BCUT2D eigenvalue weighted by Crippen LogP contribution is -2.03. The van der Waals surface area contributed by atoms with Gasteiger partial charge in [-0.2, -0.15) is 0 Å². The summed E-state index contributed by atoms with van der Waals surface area (Å²) in [5.41, 5.74) is 4.75. The molecule has 0 fully saturated rings. The number of aromatic amines is 1. The van der Waals surface area contributed by atoms with Gasteiger partial charge < -0.3 is 9.72 Å². The van der Waals surface area contributed by atoms with Crippen molar-refractivity contribution in [3.8, 4) is 11.3 Å². The van der Waals surface area contributed by atoms with Crippen LogP contribution in [0, 0.1) is 0 Å². The van der Waals surface area contributed by atoms with Crippen molar-refractivity contribution < 1.29 is 9.53 Å². The van der Waals surface area contributed by atoms with Gasteiger partial charge in [0.15, 0.2) is 0 Å². The van der Waals surface area contributed by atoms with E-state index in [9.17, 15) is 4.79 Å². The van der Waals surface area contributed by atoms with Gasteiger partial charge in [-0.3, -0.25) is 9.78 Å². The average Bonchev–Trinajstić information content (AvgIpc) is 3.01. The van der Waals surface area contributed by atoms with E-state index in [1.807, 2.05) is 19.2 Å². The predicted octanol–water partition coefficient (Wildman–Crippen LogP) is 4.90. The number of hydrogen-bond acceptors (Lipinski definition) is 3. The molecule has 2 aromatic heterocycles. The number of esters is 1. The molecule has 2 heterocycles. The molecule has 3 aromatic rings. The van der Waals surface area contributed by atoms with E-state index < -0.39 is 0 Å². The third-order valence-corrected chi connectivity index (χ3v) is 4.38. The van der Waals surface area contributed by atoms with Gasteiger partial charge in [-0.1, -0.05) is 24.6 Å². The summed E-state index contributed by atoms with van der Waals surface area (Å²) in [6, 6.07) is 12.5. The molecule has 1 aromatic carbocycles. The Balaban J connectivity index is 1.71. The van der Waals surface area contributed by atoms with Crippen molar-refractivity contribution in [2.24, 2.45) is 0 Å². The highest BCUT2D eigenvalue weighted by molar-refractivity contribution is 5.90. The van der Waals surface area contributed by atoms with Crippen molar-refractivity contribution in [2.75, 3.05) is 6.61 Å². The summed E-state index contributed by atoms with van der Waals surface area (Å²) < 4.78 is 4.98. The van der Waals surface area contributed by atoms with E-state index in [2.05, 4.69) is 40.3 Å². The van der Waals surface area contributed by atoms with E-state index in [0.717, 1.165) is 42.5 Å². The van der Waals surface area contributed by atoms with Gasteiger partial charge in [0.25, 0.3) is 0 Å². The second kappa shape index (κ2) is 8.47. The number of pyridine rings is 1. The number of nitrogens with zero attached hydrogens (tertiary/aromatic N) is 1. The van der Waals surface area contributed by atoms with Crippen molar-refractivity contribution in [1.82, 2.24) is 9.97 Å². The summed E-state index contributed by atoms with van der Waals surface area (Å²) in [5.74, 6) is -0.0920. The number of rotatable bonds is 8. The number of para-hydroxylation sites is 1. The molecule has 0 amide bonds. The normalized spacial score (nSPS) is 10.9. The molecule has 0 spiro atoms. The molecule has 0 atom stereocenters. The van der Waals surface area contributed by atoms with Crippen LogP contribution < -0.4 is 0 Å². The van der Waals surface area contributed by atoms with Gasteiger partial charge >= 0.3 is 5.97 Å². The first kappa shape index (κ1) is 17.2. The Morgan fingerprint density at radius 2 is 2.00 bits per heavy atom. The van der Waals surface area contributed by atoms with E-state index in [4.69, 9.17) is 4.74 Å². The van der Waals surface area contributed by atoms with Crippen molar-refractivity contribution in [3.63, 3.8) is 0 Å². The molecule has 0 saturated carbocycles. The number of hydrogen-bond donors (Lipinski definition) is 1. The highest BCUT2D eigenvalue weighted by Gasteiger charge is 2.12. The predicted molar refractivity (Wildman–Crippen MR) is 100 cm³/mol. The second-order valence-corrected chi connectivity index (χ2v) is 6.13. The lowest BCUT2D eigenvalue weighted by molar-refractivity contribution is -0.143. The van der Waals surface area contributed by atoms with Crippen molar-refractivity contribution in [1.29, 1.82) is 0 Å². The van der Waals surface area contributed by atoms with E-state index >= 15 is 0 Å². The zero-order chi connectivity index (χ0) is 17.5. The fourth-order valence-electron chi connectivity index (χ4n) is 3.20. The quantitative estimate of drug-likeness (QED) is 0.470. The van der Waals surface area contributed by atoms with Gasteiger partial charge in [0.1, 0.15) is 0 Å². The van der Waals surface area contributed by atoms with Gasteiger partial charge in [-0.25, -0.2) is 0 Å². The van der Waals surface area contributed by atoms with Crippen molar-refractivity contribution in [2.45, 2.75) is 39.0 Å². The van der Waals surface area contributed by atoms with Gasteiger partial charge in [0.05, 0.1) is 12.3 Å². The van der Waals surface area contributed by atoms with Gasteiger partial charge in [0.2, 0.25) is 0 Å². The summed E-state index contributed by atoms with van der Waals surface area (Å²) >= 11 is 0. The minimum Gasteiger partial charge on any atom is -0.466 e. The minimum absolute atomic E-state index is 0.0920. The number of ether oxygens (including phenoxy) is 1. The molecule has 0 radical (unpaired) electrons. The molecule has 0 unspecified atom stereocenters. The van der Waals surface area contributed by atoms with E-state index in [0.29, 0.717) is 13.0 Å². The van der Waals surface area contributed by atoms with Crippen LogP contribution in [0.2, 0.25) is 0 Å². The molecule has 0 aliphatic rings. The lowest BCUT2D eigenvalue weighted by Gasteiger charge is -2.06. The maximum atomic E-state index is 11.4. The summed E-state index contributed by atoms with van der Waals surface area (Å²) in [6.07, 6.45) is 8.13. The topological polar surface area (TPSA) is 55.0 Å². The molecule has 0 aliphatic heterocycles. The van der Waals surface area contributed by atoms with Crippen molar-refractivity contribution in [3.05, 3.63) is 54.4 Å². The number of H-pyrrole nitrogens is 1. The Morgan fingerprint density at radius 3 is 2.80 bits per heavy atom. The first-order valence-electron chi connectivity index (χ1n) is 8.95. The third kappa shape index (κ3) is 4.27. The second-order valence-electron chi connectivity index (χ2n) is 6.13. The molecule has 0 bridgehead atoms. The highest BCUT2D eigenvalue weighted by Crippen LogP contribution is 2.31. The molecule has 130 valence electrons. The fourth-order valence-corrected chi connectivity index (χ4v) is 3.20. The number of unbranched alkanes of at least 4 members (excludes halogenated alkanes) is 2. The average molecular weight is 336 g/mol. The molecule has 0 saturated heterocycles. The smallest absolute Gasteiger partial charge is 0.305 e. The summed E-state index contributed by atoms with van der Waals surface area (Å²) in [5, 5.41) is 1.27. The Morgan fingerprint density at radius 1 is 1.12 bits per heavy atom. The Hall–Kier alpha value is -2.62. The van der Waals surface area contributed by atoms with E-state index in [1.165, 1.54) is 10.9 Å². The van der Waals surface area contributed by atoms with Crippen LogP contribution in [0.5, 0.6) is 0 Å². The number of fused-ring (bicyclic) bond motifs is 1. The molecule has 4 heteroatoms. The number of carbonyl (C=O) groups is 1. The monoisotopic (exact) mass is 336 g/mol. The zero-order valence-corrected chi connectivity index (χ0v) is 14.6. The SMILES string of the molecule is CCOC(=O)CCCCCc1c(-c2cccnc2)[nH]c2ccccc12. The van der Waals surface area contributed by atoms with Crippen LogP contribution in [0.1, 0.15) is 38.2 Å². The Labute approximate surface area is 148 Å². The standard InChI is InChI=1S/C21H24N2O2/c1-2-25-20(24)13-5-3-4-11-18-17-10-6-7-12-19(17)23-21(18)16-9-8-14-22-15-16/h6-10,12,14-15,23H,2-5,11,13H2,1H3. The highest BCUT2D eigenvalue weighted by atomic mass is 16.5. The van der Waals surface area contributed by atoms with Crippen molar-refractivity contribution >= 4 is 16.9 Å². The van der Waals surface area contributed by atoms with Gasteiger partial charge in [0, 0.05) is 35.3 Å². The summed E-state index contributed by atoms with van der Waals surface area (Å²) in [6.45, 7) is 2.30. The Bertz CT molecular complexity index is 824. The summed E-state index contributed by atoms with van der Waals surface area (Å²) in [7, 11) is 0. The van der Waals surface area contributed by atoms with Crippen LogP contribution in [0.15, 0.2) is 48.8 Å². The molecule has 1 N–H and O–H groups in total. The molecule has 3 rings (SSSR count). The number of aromatic nitrogens is 2. The van der Waals surface area contributed by atoms with Crippen LogP contribution in [-0.2, 0) is 16.0 Å². The van der Waals surface area contributed by atoms with Crippen LogP contribution in [0.4, 0.5) is 0 Å². The first-order chi connectivity index (χ1) is 12.3. The third-order valence-electron chi connectivity index (χ3n) is 4.38. The largest absolute Gasteiger partial charge is 0.466 e. The number of nitrogens with one attached hydrogen (secondary N) is 1. The number of benzene rings is 1. The molecular formula is C21H24N2O2. The van der Waals surface area contributed by atoms with Gasteiger partial charge in [-0.15, -0.1) is 0 Å². The zero-order valence-electron chi connectivity index (χ0n) is 14.6. The van der Waals surface area contributed by atoms with Gasteiger partial charge in [-0.05, 0) is 49.9 Å². The molecule has 4 nitrogen and oxygen atoms in total. The Kier molecular flexibility index (Phi) is 5.83. The van der Waals surface area contributed by atoms with Crippen LogP contribution in [-0.4, -0.2) is 22.5 Å².